The van der Waals surface area contributed by atoms with Crippen LogP contribution in [0.15, 0.2) is 18.2 Å². The lowest BCUT2D eigenvalue weighted by molar-refractivity contribution is 0.417. The van der Waals surface area contributed by atoms with Crippen molar-refractivity contribution in [2.75, 3.05) is 24.8 Å². The van der Waals surface area contributed by atoms with Gasteiger partial charge in [0.25, 0.3) is 0 Å². The first kappa shape index (κ1) is 15.4. The Morgan fingerprint density at radius 2 is 1.95 bits per heavy atom. The van der Waals surface area contributed by atoms with Crippen LogP contribution in [0.25, 0.3) is 0 Å². The van der Waals surface area contributed by atoms with Crippen molar-refractivity contribution in [3.8, 4) is 5.75 Å². The molecular formula is C15H19ClN4O. The molecule has 0 saturated carbocycles. The Balaban J connectivity index is 2.46. The topological polar surface area (TPSA) is 59.1 Å². The number of aromatic nitrogens is 2. The third-order valence-corrected chi connectivity index (χ3v) is 3.39. The number of nitrogens with zero attached hydrogens (tertiary/aromatic N) is 2. The molecule has 0 unspecified atom stereocenters. The van der Waals surface area contributed by atoms with Gasteiger partial charge in [0, 0.05) is 24.1 Å². The second-order valence-electron chi connectivity index (χ2n) is 4.54. The fourth-order valence-electron chi connectivity index (χ4n) is 1.99. The predicted octanol–water partition coefficient (Wildman–Crippen LogP) is 3.79. The standard InChI is InChI=1S/C15H19ClN4O/c1-5-13-19-14(17-3)9(2)15(20-13)18-11-8-10(16)6-7-12(11)21-4/h6-8H,5H2,1-4H3,(H2,17,18,19,20). The van der Waals surface area contributed by atoms with Gasteiger partial charge in [0.1, 0.15) is 23.2 Å². The highest BCUT2D eigenvalue weighted by molar-refractivity contribution is 6.31. The number of aryl methyl sites for hydroxylation is 1. The Kier molecular flexibility index (Phi) is 4.85. The molecule has 0 bridgehead atoms. The number of hydrogen-bond donors (Lipinski definition) is 2. The van der Waals surface area contributed by atoms with Crippen LogP contribution in [0, 0.1) is 6.92 Å². The molecule has 21 heavy (non-hydrogen) atoms. The van der Waals surface area contributed by atoms with Crippen LogP contribution in [0.3, 0.4) is 0 Å². The molecular weight excluding hydrogens is 288 g/mol. The van der Waals surface area contributed by atoms with Crippen molar-refractivity contribution < 1.29 is 4.74 Å². The summed E-state index contributed by atoms with van der Waals surface area (Å²) >= 11 is 6.06. The lowest BCUT2D eigenvalue weighted by atomic mass is 10.2. The molecule has 1 heterocycles. The van der Waals surface area contributed by atoms with Crippen molar-refractivity contribution in [3.05, 3.63) is 34.6 Å². The summed E-state index contributed by atoms with van der Waals surface area (Å²) in [7, 11) is 3.47. The molecule has 2 rings (SSSR count). The van der Waals surface area contributed by atoms with Gasteiger partial charge in [0.2, 0.25) is 0 Å². The Hall–Kier alpha value is -2.01. The maximum Gasteiger partial charge on any atom is 0.142 e. The number of hydrogen-bond acceptors (Lipinski definition) is 5. The summed E-state index contributed by atoms with van der Waals surface area (Å²) in [6, 6.07) is 5.42. The maximum absolute atomic E-state index is 6.06. The molecule has 2 N–H and O–H groups in total. The number of methoxy groups -OCH3 is 1. The van der Waals surface area contributed by atoms with Gasteiger partial charge in [0.15, 0.2) is 0 Å². The molecule has 5 nitrogen and oxygen atoms in total. The molecule has 0 aliphatic heterocycles. The lowest BCUT2D eigenvalue weighted by Gasteiger charge is -2.15. The van der Waals surface area contributed by atoms with Crippen LogP contribution < -0.4 is 15.4 Å². The SMILES string of the molecule is CCc1nc(NC)c(C)c(Nc2cc(Cl)ccc2OC)n1. The van der Waals surface area contributed by atoms with Crippen molar-refractivity contribution in [2.24, 2.45) is 0 Å². The number of benzene rings is 1. The van der Waals surface area contributed by atoms with Crippen molar-refractivity contribution in [1.29, 1.82) is 0 Å². The number of ether oxygens (including phenoxy) is 1. The molecule has 0 fully saturated rings. The highest BCUT2D eigenvalue weighted by atomic mass is 35.5. The van der Waals surface area contributed by atoms with Crippen LogP contribution >= 0.6 is 11.6 Å². The van der Waals surface area contributed by atoms with E-state index in [1.165, 1.54) is 0 Å². The second kappa shape index (κ2) is 6.63. The van der Waals surface area contributed by atoms with Gasteiger partial charge in [-0.15, -0.1) is 0 Å². The van der Waals surface area contributed by atoms with E-state index >= 15 is 0 Å². The smallest absolute Gasteiger partial charge is 0.142 e. The van der Waals surface area contributed by atoms with Gasteiger partial charge in [-0.3, -0.25) is 0 Å². The molecule has 1 aromatic heterocycles. The van der Waals surface area contributed by atoms with Gasteiger partial charge in [-0.05, 0) is 25.1 Å². The van der Waals surface area contributed by atoms with Crippen LogP contribution in [0.4, 0.5) is 17.3 Å². The van der Waals surface area contributed by atoms with Crippen LogP contribution in [-0.2, 0) is 6.42 Å². The number of rotatable bonds is 5. The summed E-state index contributed by atoms with van der Waals surface area (Å²) in [5.41, 5.74) is 1.72. The Morgan fingerprint density at radius 3 is 2.57 bits per heavy atom. The molecule has 0 aliphatic carbocycles. The highest BCUT2D eigenvalue weighted by Gasteiger charge is 2.12. The van der Waals surface area contributed by atoms with Crippen molar-refractivity contribution in [2.45, 2.75) is 20.3 Å². The van der Waals surface area contributed by atoms with E-state index in [2.05, 4.69) is 20.6 Å². The predicted molar refractivity (Wildman–Crippen MR) is 87.0 cm³/mol. The largest absolute Gasteiger partial charge is 0.495 e. The summed E-state index contributed by atoms with van der Waals surface area (Å²) in [5.74, 6) is 3.03. The van der Waals surface area contributed by atoms with Gasteiger partial charge >= 0.3 is 0 Å². The minimum absolute atomic E-state index is 0.634. The molecule has 6 heteroatoms. The molecule has 2 aromatic rings. The average Bonchev–Trinajstić information content (AvgIpc) is 2.49. The van der Waals surface area contributed by atoms with E-state index in [4.69, 9.17) is 16.3 Å². The summed E-state index contributed by atoms with van der Waals surface area (Å²) in [5, 5.41) is 7.00. The van der Waals surface area contributed by atoms with E-state index in [0.717, 1.165) is 35.1 Å². The summed E-state index contributed by atoms with van der Waals surface area (Å²) in [4.78, 5) is 8.99. The van der Waals surface area contributed by atoms with E-state index in [1.54, 1.807) is 13.2 Å². The van der Waals surface area contributed by atoms with Gasteiger partial charge in [-0.1, -0.05) is 18.5 Å². The summed E-state index contributed by atoms with van der Waals surface area (Å²) < 4.78 is 5.35. The van der Waals surface area contributed by atoms with Gasteiger partial charge < -0.3 is 15.4 Å². The molecule has 0 aliphatic rings. The molecule has 0 amide bonds. The zero-order valence-corrected chi connectivity index (χ0v) is 13.4. The van der Waals surface area contributed by atoms with E-state index in [-0.39, 0.29) is 0 Å². The minimum Gasteiger partial charge on any atom is -0.495 e. The van der Waals surface area contributed by atoms with E-state index in [1.807, 2.05) is 33.0 Å². The Morgan fingerprint density at radius 1 is 1.24 bits per heavy atom. The van der Waals surface area contributed by atoms with Crippen molar-refractivity contribution in [1.82, 2.24) is 9.97 Å². The van der Waals surface area contributed by atoms with Crippen molar-refractivity contribution in [3.63, 3.8) is 0 Å². The lowest BCUT2D eigenvalue weighted by Crippen LogP contribution is -2.07. The zero-order chi connectivity index (χ0) is 15.4. The first-order valence-corrected chi connectivity index (χ1v) is 7.12. The van der Waals surface area contributed by atoms with E-state index < -0.39 is 0 Å². The third-order valence-electron chi connectivity index (χ3n) is 3.16. The fourth-order valence-corrected chi connectivity index (χ4v) is 2.16. The Labute approximate surface area is 129 Å². The van der Waals surface area contributed by atoms with Crippen LogP contribution in [0.1, 0.15) is 18.3 Å². The maximum atomic E-state index is 6.06. The molecule has 0 spiro atoms. The molecule has 112 valence electrons. The van der Waals surface area contributed by atoms with Crippen molar-refractivity contribution >= 4 is 28.9 Å². The average molecular weight is 307 g/mol. The third kappa shape index (κ3) is 3.36. The zero-order valence-electron chi connectivity index (χ0n) is 12.6. The molecule has 0 saturated heterocycles. The van der Waals surface area contributed by atoms with Crippen LogP contribution in [0.5, 0.6) is 5.75 Å². The first-order chi connectivity index (χ1) is 10.1. The second-order valence-corrected chi connectivity index (χ2v) is 4.97. The van der Waals surface area contributed by atoms with E-state index in [0.29, 0.717) is 10.8 Å². The van der Waals surface area contributed by atoms with Crippen LogP contribution in [0.2, 0.25) is 5.02 Å². The number of anilines is 3. The molecule has 0 atom stereocenters. The van der Waals surface area contributed by atoms with Gasteiger partial charge in [0.05, 0.1) is 12.8 Å². The monoisotopic (exact) mass is 306 g/mol. The van der Waals surface area contributed by atoms with Gasteiger partial charge in [-0.25, -0.2) is 9.97 Å². The highest BCUT2D eigenvalue weighted by Crippen LogP contribution is 2.32. The number of halogens is 1. The Bertz CT molecular complexity index is 646. The summed E-state index contributed by atoms with van der Waals surface area (Å²) in [6.45, 7) is 3.98. The van der Waals surface area contributed by atoms with E-state index in [9.17, 15) is 0 Å². The first-order valence-electron chi connectivity index (χ1n) is 6.74. The fraction of sp³-hybridized carbons (Fsp3) is 0.333. The summed E-state index contributed by atoms with van der Waals surface area (Å²) in [6.07, 6.45) is 0.760. The quantitative estimate of drug-likeness (QED) is 0.880. The van der Waals surface area contributed by atoms with Crippen LogP contribution in [-0.4, -0.2) is 24.1 Å². The normalized spacial score (nSPS) is 10.3. The van der Waals surface area contributed by atoms with Gasteiger partial charge in [-0.2, -0.15) is 0 Å². The number of nitrogens with one attached hydrogen (secondary N) is 2. The minimum atomic E-state index is 0.634. The molecule has 1 aromatic carbocycles. The molecule has 0 radical (unpaired) electrons.